The third kappa shape index (κ3) is 3.02. The molecule has 0 unspecified atom stereocenters. The first-order chi connectivity index (χ1) is 12.3. The van der Waals surface area contributed by atoms with Crippen molar-refractivity contribution in [3.8, 4) is 11.3 Å². The lowest BCUT2D eigenvalue weighted by Crippen LogP contribution is -2.18. The number of fused-ring (bicyclic) bond motifs is 1. The van der Waals surface area contributed by atoms with Crippen LogP contribution in [0.2, 0.25) is 0 Å². The van der Waals surface area contributed by atoms with Crippen molar-refractivity contribution in [2.45, 2.75) is 0 Å². The van der Waals surface area contributed by atoms with E-state index < -0.39 is 0 Å². The van der Waals surface area contributed by atoms with Crippen LogP contribution < -0.4 is 5.43 Å². The minimum Gasteiger partial charge on any atom is -0.360 e. The maximum absolute atomic E-state index is 12.2. The number of nitrogens with zero attached hydrogens (tertiary/aromatic N) is 3. The Hall–Kier alpha value is -3.74. The molecule has 1 aromatic carbocycles. The molecule has 0 aliphatic heterocycles. The van der Waals surface area contributed by atoms with Crippen molar-refractivity contribution in [3.05, 3.63) is 72.3 Å². The topological polar surface area (TPSA) is 98.8 Å². The van der Waals surface area contributed by atoms with Gasteiger partial charge in [0.25, 0.3) is 5.91 Å². The van der Waals surface area contributed by atoms with Crippen LogP contribution in [0.4, 0.5) is 0 Å². The number of carbonyl (C=O) groups excluding carboxylic acids is 1. The van der Waals surface area contributed by atoms with Crippen molar-refractivity contribution in [2.75, 3.05) is 0 Å². The molecule has 7 nitrogen and oxygen atoms in total. The average molecular weight is 330 g/mol. The van der Waals surface area contributed by atoms with Gasteiger partial charge in [-0.1, -0.05) is 24.3 Å². The van der Waals surface area contributed by atoms with Gasteiger partial charge >= 0.3 is 0 Å². The fraction of sp³-hybridized carbons (Fsp3) is 0. The smallest absolute Gasteiger partial charge is 0.289 e. The summed E-state index contributed by atoms with van der Waals surface area (Å²) in [4.78, 5) is 19.4. The highest BCUT2D eigenvalue weighted by molar-refractivity contribution is 5.97. The van der Waals surface area contributed by atoms with Crippen molar-refractivity contribution in [1.82, 2.24) is 25.6 Å². The van der Waals surface area contributed by atoms with E-state index in [1.54, 1.807) is 18.3 Å². The minimum absolute atomic E-state index is 0.332. The largest absolute Gasteiger partial charge is 0.360 e. The summed E-state index contributed by atoms with van der Waals surface area (Å²) >= 11 is 0. The summed E-state index contributed by atoms with van der Waals surface area (Å²) in [6.07, 6.45) is 5.02. The van der Waals surface area contributed by atoms with Gasteiger partial charge in [0.05, 0.1) is 17.6 Å². The van der Waals surface area contributed by atoms with Crippen LogP contribution in [0.25, 0.3) is 22.2 Å². The van der Waals surface area contributed by atoms with Crippen LogP contribution in [0.3, 0.4) is 0 Å². The van der Waals surface area contributed by atoms with E-state index in [0.29, 0.717) is 17.1 Å². The van der Waals surface area contributed by atoms with E-state index in [1.165, 1.54) is 6.21 Å². The number of aromatic nitrogens is 4. The van der Waals surface area contributed by atoms with Crippen molar-refractivity contribution in [1.29, 1.82) is 0 Å². The number of benzene rings is 1. The molecule has 0 saturated heterocycles. The predicted octanol–water partition coefficient (Wildman–Crippen LogP) is 2.72. The molecule has 0 fully saturated rings. The zero-order valence-corrected chi connectivity index (χ0v) is 13.1. The summed E-state index contributed by atoms with van der Waals surface area (Å²) in [6, 6.07) is 15.1. The molecule has 1 amide bonds. The Labute approximate surface area is 142 Å². The number of rotatable bonds is 4. The van der Waals surface area contributed by atoms with Crippen LogP contribution in [-0.4, -0.2) is 32.3 Å². The Morgan fingerprint density at radius 2 is 2.04 bits per heavy atom. The van der Waals surface area contributed by atoms with Crippen LogP contribution >= 0.6 is 0 Å². The Morgan fingerprint density at radius 1 is 1.16 bits per heavy atom. The summed E-state index contributed by atoms with van der Waals surface area (Å²) in [6.45, 7) is 0. The molecule has 0 aliphatic carbocycles. The Bertz CT molecular complexity index is 1050. The van der Waals surface area contributed by atoms with Gasteiger partial charge in [-0.15, -0.1) is 0 Å². The molecular weight excluding hydrogens is 316 g/mol. The van der Waals surface area contributed by atoms with Gasteiger partial charge < -0.3 is 4.98 Å². The second-order valence-corrected chi connectivity index (χ2v) is 5.37. The molecule has 3 aromatic heterocycles. The maximum atomic E-state index is 12.2. The number of para-hydroxylation sites is 1. The van der Waals surface area contributed by atoms with E-state index in [0.717, 1.165) is 16.5 Å². The van der Waals surface area contributed by atoms with Gasteiger partial charge in [-0.05, 0) is 24.3 Å². The van der Waals surface area contributed by atoms with E-state index in [-0.39, 0.29) is 5.91 Å². The molecule has 3 N–H and O–H groups in total. The first-order valence-corrected chi connectivity index (χ1v) is 7.67. The molecule has 0 spiro atoms. The van der Waals surface area contributed by atoms with Gasteiger partial charge in [-0.25, -0.2) is 5.43 Å². The van der Waals surface area contributed by atoms with Crippen LogP contribution in [0, 0.1) is 0 Å². The second-order valence-electron chi connectivity index (χ2n) is 5.37. The fourth-order valence-corrected chi connectivity index (χ4v) is 2.53. The summed E-state index contributed by atoms with van der Waals surface area (Å²) in [5.41, 5.74) is 6.09. The van der Waals surface area contributed by atoms with E-state index in [9.17, 15) is 4.79 Å². The van der Waals surface area contributed by atoms with Gasteiger partial charge in [-0.2, -0.15) is 10.2 Å². The lowest BCUT2D eigenvalue weighted by Gasteiger charge is -1.95. The first-order valence-electron chi connectivity index (χ1n) is 7.67. The van der Waals surface area contributed by atoms with E-state index >= 15 is 0 Å². The highest BCUT2D eigenvalue weighted by Crippen LogP contribution is 2.27. The molecule has 4 rings (SSSR count). The minimum atomic E-state index is -0.370. The van der Waals surface area contributed by atoms with Crippen molar-refractivity contribution < 1.29 is 4.79 Å². The van der Waals surface area contributed by atoms with Gasteiger partial charge in [0.1, 0.15) is 5.69 Å². The van der Waals surface area contributed by atoms with Crippen molar-refractivity contribution in [2.24, 2.45) is 5.10 Å². The van der Waals surface area contributed by atoms with Gasteiger partial charge in [0.2, 0.25) is 0 Å². The lowest BCUT2D eigenvalue weighted by atomic mass is 10.1. The second kappa shape index (κ2) is 6.40. The monoisotopic (exact) mass is 330 g/mol. The number of aromatic amines is 2. The average Bonchev–Trinajstić information content (AvgIpc) is 3.29. The van der Waals surface area contributed by atoms with Crippen LogP contribution in [0.1, 0.15) is 16.2 Å². The molecule has 122 valence electrons. The highest BCUT2D eigenvalue weighted by atomic mass is 16.2. The van der Waals surface area contributed by atoms with Gasteiger partial charge in [0, 0.05) is 28.9 Å². The summed E-state index contributed by atoms with van der Waals surface area (Å²) in [5.74, 6) is -0.370. The van der Waals surface area contributed by atoms with Crippen molar-refractivity contribution >= 4 is 23.0 Å². The van der Waals surface area contributed by atoms with Gasteiger partial charge in [-0.3, -0.25) is 14.9 Å². The SMILES string of the molecule is O=C(N/N=C/c1ccccn1)c1cc(-c2c[nH]c3ccccc23)n[nH]1. The van der Waals surface area contributed by atoms with E-state index in [4.69, 9.17) is 0 Å². The third-order valence-corrected chi connectivity index (χ3v) is 3.74. The van der Waals surface area contributed by atoms with Crippen LogP contribution in [-0.2, 0) is 0 Å². The molecule has 4 aromatic rings. The third-order valence-electron chi connectivity index (χ3n) is 3.74. The normalized spacial score (nSPS) is 11.2. The summed E-state index contributed by atoms with van der Waals surface area (Å²) < 4.78 is 0. The quantitative estimate of drug-likeness (QED) is 0.396. The summed E-state index contributed by atoms with van der Waals surface area (Å²) in [7, 11) is 0. The molecule has 25 heavy (non-hydrogen) atoms. The van der Waals surface area contributed by atoms with Gasteiger partial charge in [0.15, 0.2) is 0 Å². The number of hydrogen-bond donors (Lipinski definition) is 3. The molecule has 7 heteroatoms. The number of hydrogen-bond acceptors (Lipinski definition) is 4. The molecule has 3 heterocycles. The predicted molar refractivity (Wildman–Crippen MR) is 95.2 cm³/mol. The lowest BCUT2D eigenvalue weighted by molar-refractivity contribution is 0.0950. The molecule has 0 atom stereocenters. The molecule has 0 radical (unpaired) electrons. The van der Waals surface area contributed by atoms with Crippen LogP contribution in [0.15, 0.2) is 66.0 Å². The Balaban J connectivity index is 1.51. The maximum Gasteiger partial charge on any atom is 0.289 e. The number of nitrogens with one attached hydrogen (secondary N) is 3. The number of amides is 1. The van der Waals surface area contributed by atoms with E-state index in [2.05, 4.69) is 30.7 Å². The molecule has 0 bridgehead atoms. The van der Waals surface area contributed by atoms with Crippen molar-refractivity contribution in [3.63, 3.8) is 0 Å². The fourth-order valence-electron chi connectivity index (χ4n) is 2.53. The Morgan fingerprint density at radius 3 is 2.92 bits per heavy atom. The molecule has 0 aliphatic rings. The number of hydrazone groups is 1. The number of pyridine rings is 1. The number of carbonyl (C=O) groups is 1. The zero-order chi connectivity index (χ0) is 17.1. The highest BCUT2D eigenvalue weighted by Gasteiger charge is 2.13. The zero-order valence-electron chi connectivity index (χ0n) is 13.1. The first kappa shape index (κ1) is 14.8. The summed E-state index contributed by atoms with van der Waals surface area (Å²) in [5, 5.41) is 11.9. The molecule has 0 saturated carbocycles. The standard InChI is InChI=1S/C18H14N6O/c25-18(24-21-10-12-5-3-4-8-19-12)17-9-16(22-23-17)14-11-20-15-7-2-1-6-13(14)15/h1-11,20H,(H,22,23)(H,24,25)/b21-10+. The molecular formula is C18H14N6O. The van der Waals surface area contributed by atoms with E-state index in [1.807, 2.05) is 42.6 Å². The number of H-pyrrole nitrogens is 2. The Kier molecular flexibility index (Phi) is 3.80. The van der Waals surface area contributed by atoms with Crippen LogP contribution in [0.5, 0.6) is 0 Å².